The van der Waals surface area contributed by atoms with E-state index in [1.165, 1.54) is 16.7 Å². The first kappa shape index (κ1) is 10.7. The molecule has 2 aliphatic rings. The van der Waals surface area contributed by atoms with Crippen LogP contribution in [0.4, 0.5) is 0 Å². The summed E-state index contributed by atoms with van der Waals surface area (Å²) in [6, 6.07) is 4.23. The second-order valence-electron chi connectivity index (χ2n) is 5.07. The van der Waals surface area contributed by atoms with E-state index >= 15 is 0 Å². The minimum absolute atomic E-state index is 0.602. The molecule has 1 heterocycles. The van der Waals surface area contributed by atoms with E-state index in [-0.39, 0.29) is 0 Å². The summed E-state index contributed by atoms with van der Waals surface area (Å²) in [5.74, 6) is 2.46. The molecule has 0 bridgehead atoms. The van der Waals surface area contributed by atoms with E-state index in [9.17, 15) is 0 Å². The highest BCUT2D eigenvalue weighted by molar-refractivity contribution is 5.72. The minimum atomic E-state index is 0.602. The predicted octanol–water partition coefficient (Wildman–Crippen LogP) is 3.44. The largest absolute Gasteiger partial charge is 0.490 e. The van der Waals surface area contributed by atoms with Crippen LogP contribution in [0.5, 0.6) is 11.5 Å². The van der Waals surface area contributed by atoms with Crippen molar-refractivity contribution in [2.75, 3.05) is 13.2 Å². The summed E-state index contributed by atoms with van der Waals surface area (Å²) < 4.78 is 11.6. The average Bonchev–Trinajstić information content (AvgIpc) is 2.61. The van der Waals surface area contributed by atoms with Gasteiger partial charge in [-0.1, -0.05) is 31.6 Å². The summed E-state index contributed by atoms with van der Waals surface area (Å²) in [6.07, 6.45) is 4.31. The van der Waals surface area contributed by atoms with Crippen LogP contribution in [-0.4, -0.2) is 13.2 Å². The number of benzene rings is 1. The molecule has 1 aliphatic heterocycles. The Bertz CT molecular complexity index is 472. The fourth-order valence-corrected chi connectivity index (χ4v) is 2.44. The first-order valence-electron chi connectivity index (χ1n) is 6.37. The van der Waals surface area contributed by atoms with Crippen molar-refractivity contribution in [3.63, 3.8) is 0 Å². The standard InChI is InChI=1S/C15H18O2/c1-10(2)12-8-11-4-5-14-15(13(11)9-12)17-7-3-6-16-14/h4-5,9-10H,3,6-8H2,1-2H3. The van der Waals surface area contributed by atoms with Crippen LogP contribution in [0.15, 0.2) is 17.7 Å². The Hall–Kier alpha value is -1.44. The molecule has 0 N–H and O–H groups in total. The van der Waals surface area contributed by atoms with Gasteiger partial charge in [0.2, 0.25) is 0 Å². The number of allylic oxidation sites excluding steroid dienone is 1. The molecular weight excluding hydrogens is 212 g/mol. The van der Waals surface area contributed by atoms with Gasteiger partial charge in [0.25, 0.3) is 0 Å². The van der Waals surface area contributed by atoms with Gasteiger partial charge in [0.1, 0.15) is 0 Å². The van der Waals surface area contributed by atoms with Gasteiger partial charge in [-0.3, -0.25) is 0 Å². The predicted molar refractivity (Wildman–Crippen MR) is 68.6 cm³/mol. The summed E-state index contributed by atoms with van der Waals surface area (Å²) >= 11 is 0. The van der Waals surface area contributed by atoms with Gasteiger partial charge in [-0.2, -0.15) is 0 Å². The highest BCUT2D eigenvalue weighted by Crippen LogP contribution is 2.41. The topological polar surface area (TPSA) is 18.5 Å². The van der Waals surface area contributed by atoms with Crippen molar-refractivity contribution in [2.45, 2.75) is 26.7 Å². The summed E-state index contributed by atoms with van der Waals surface area (Å²) in [4.78, 5) is 0. The Morgan fingerprint density at radius 1 is 1.12 bits per heavy atom. The molecule has 0 atom stereocenters. The molecule has 0 radical (unpaired) electrons. The normalized spacial score (nSPS) is 17.7. The summed E-state index contributed by atoms with van der Waals surface area (Å²) in [6.45, 7) is 6.00. The van der Waals surface area contributed by atoms with Gasteiger partial charge in [-0.25, -0.2) is 0 Å². The lowest BCUT2D eigenvalue weighted by atomic mass is 10.0. The second kappa shape index (κ2) is 4.10. The summed E-state index contributed by atoms with van der Waals surface area (Å²) in [7, 11) is 0. The van der Waals surface area contributed by atoms with Crippen molar-refractivity contribution in [1.29, 1.82) is 0 Å². The molecule has 0 saturated carbocycles. The van der Waals surface area contributed by atoms with E-state index < -0.39 is 0 Å². The van der Waals surface area contributed by atoms with Crippen LogP contribution in [0.2, 0.25) is 0 Å². The molecule has 0 saturated heterocycles. The third-order valence-electron chi connectivity index (χ3n) is 3.51. The molecule has 0 unspecified atom stereocenters. The molecule has 0 fully saturated rings. The van der Waals surface area contributed by atoms with E-state index in [1.807, 2.05) is 0 Å². The van der Waals surface area contributed by atoms with Crippen LogP contribution in [0, 0.1) is 5.92 Å². The van der Waals surface area contributed by atoms with Crippen LogP contribution in [0.25, 0.3) is 6.08 Å². The van der Waals surface area contributed by atoms with Crippen molar-refractivity contribution in [2.24, 2.45) is 5.92 Å². The van der Waals surface area contributed by atoms with E-state index in [1.54, 1.807) is 0 Å². The molecule has 0 aromatic heterocycles. The molecule has 0 amide bonds. The van der Waals surface area contributed by atoms with Gasteiger partial charge >= 0.3 is 0 Å². The maximum Gasteiger partial charge on any atom is 0.168 e. The van der Waals surface area contributed by atoms with Crippen LogP contribution >= 0.6 is 0 Å². The van der Waals surface area contributed by atoms with Crippen LogP contribution in [0.1, 0.15) is 31.4 Å². The lowest BCUT2D eigenvalue weighted by molar-refractivity contribution is 0.296. The molecule has 0 spiro atoms. The van der Waals surface area contributed by atoms with Gasteiger partial charge < -0.3 is 9.47 Å². The third kappa shape index (κ3) is 1.82. The van der Waals surface area contributed by atoms with E-state index in [4.69, 9.17) is 9.47 Å². The SMILES string of the molecule is CC(C)C1=Cc2c(ccc3c2OCCCO3)C1. The minimum Gasteiger partial charge on any atom is -0.490 e. The number of fused-ring (bicyclic) bond motifs is 3. The molecule has 1 aromatic carbocycles. The zero-order chi connectivity index (χ0) is 11.8. The van der Waals surface area contributed by atoms with Crippen molar-refractivity contribution in [3.05, 3.63) is 28.8 Å². The van der Waals surface area contributed by atoms with Crippen molar-refractivity contribution >= 4 is 6.08 Å². The zero-order valence-electron chi connectivity index (χ0n) is 10.5. The highest BCUT2D eigenvalue weighted by atomic mass is 16.5. The third-order valence-corrected chi connectivity index (χ3v) is 3.51. The van der Waals surface area contributed by atoms with Crippen molar-refractivity contribution in [3.8, 4) is 11.5 Å². The maximum absolute atomic E-state index is 5.85. The second-order valence-corrected chi connectivity index (χ2v) is 5.07. The lowest BCUT2D eigenvalue weighted by Crippen LogP contribution is -1.98. The molecule has 90 valence electrons. The summed E-state index contributed by atoms with van der Waals surface area (Å²) in [5, 5.41) is 0. The molecular formula is C15H18O2. The molecule has 3 rings (SSSR count). The van der Waals surface area contributed by atoms with Crippen LogP contribution in [0.3, 0.4) is 0 Å². The monoisotopic (exact) mass is 230 g/mol. The van der Waals surface area contributed by atoms with Crippen molar-refractivity contribution in [1.82, 2.24) is 0 Å². The Morgan fingerprint density at radius 2 is 1.94 bits per heavy atom. The van der Waals surface area contributed by atoms with Crippen LogP contribution in [-0.2, 0) is 6.42 Å². The number of hydrogen-bond acceptors (Lipinski definition) is 2. The fraction of sp³-hybridized carbons (Fsp3) is 0.467. The quantitative estimate of drug-likeness (QED) is 0.735. The van der Waals surface area contributed by atoms with Crippen molar-refractivity contribution < 1.29 is 9.47 Å². The van der Waals surface area contributed by atoms with E-state index in [0.29, 0.717) is 5.92 Å². The smallest absolute Gasteiger partial charge is 0.168 e. The van der Waals surface area contributed by atoms with Gasteiger partial charge in [0.15, 0.2) is 11.5 Å². The first-order chi connectivity index (χ1) is 8.25. The lowest BCUT2D eigenvalue weighted by Gasteiger charge is -2.10. The molecule has 2 nitrogen and oxygen atoms in total. The van der Waals surface area contributed by atoms with E-state index in [2.05, 4.69) is 32.1 Å². The van der Waals surface area contributed by atoms with Gasteiger partial charge in [0, 0.05) is 12.0 Å². The van der Waals surface area contributed by atoms with Crippen LogP contribution < -0.4 is 9.47 Å². The Labute approximate surface area is 102 Å². The highest BCUT2D eigenvalue weighted by Gasteiger charge is 2.22. The molecule has 1 aliphatic carbocycles. The summed E-state index contributed by atoms with van der Waals surface area (Å²) in [5.41, 5.74) is 4.10. The maximum atomic E-state index is 5.85. The van der Waals surface area contributed by atoms with Gasteiger partial charge in [-0.05, 0) is 24.0 Å². The van der Waals surface area contributed by atoms with Gasteiger partial charge in [0.05, 0.1) is 13.2 Å². The molecule has 1 aromatic rings. The Morgan fingerprint density at radius 3 is 2.76 bits per heavy atom. The van der Waals surface area contributed by atoms with E-state index in [0.717, 1.165) is 37.6 Å². The number of hydrogen-bond donors (Lipinski definition) is 0. The van der Waals surface area contributed by atoms with Gasteiger partial charge in [-0.15, -0.1) is 0 Å². The first-order valence-corrected chi connectivity index (χ1v) is 6.37. The molecule has 2 heteroatoms. The molecule has 17 heavy (non-hydrogen) atoms. The number of ether oxygens (including phenoxy) is 2. The number of rotatable bonds is 1. The average molecular weight is 230 g/mol. The Kier molecular flexibility index (Phi) is 2.58. The zero-order valence-corrected chi connectivity index (χ0v) is 10.5. The fourth-order valence-electron chi connectivity index (χ4n) is 2.44. The Balaban J connectivity index is 2.06.